The highest BCUT2D eigenvalue weighted by Crippen LogP contribution is 2.19. The van der Waals surface area contributed by atoms with Crippen LogP contribution < -0.4 is 5.32 Å². The molecule has 3 rings (SSSR count). The summed E-state index contributed by atoms with van der Waals surface area (Å²) in [6, 6.07) is 8.81. The molecule has 20 heavy (non-hydrogen) atoms. The summed E-state index contributed by atoms with van der Waals surface area (Å²) in [6.07, 6.45) is 6.21. The Morgan fingerprint density at radius 1 is 1.20 bits per heavy atom. The zero-order valence-electron chi connectivity index (χ0n) is 12.0. The number of aryl methyl sites for hydroxylation is 1. The number of benzene rings is 1. The zero-order chi connectivity index (χ0) is 13.9. The van der Waals surface area contributed by atoms with E-state index in [4.69, 9.17) is 0 Å². The van der Waals surface area contributed by atoms with Crippen LogP contribution in [0.3, 0.4) is 0 Å². The van der Waals surface area contributed by atoms with Gasteiger partial charge in [-0.3, -0.25) is 4.68 Å². The Kier molecular flexibility index (Phi) is 3.56. The molecule has 0 aliphatic carbocycles. The SMILES string of the molecule is CCn1cc(Cn2ccc3cc(CNC)ccc32)cn1. The van der Waals surface area contributed by atoms with Crippen LogP contribution in [-0.4, -0.2) is 21.4 Å². The Labute approximate surface area is 119 Å². The molecule has 0 amide bonds. The number of aromatic nitrogens is 3. The van der Waals surface area contributed by atoms with Crippen molar-refractivity contribution in [3.05, 3.63) is 54.0 Å². The molecule has 0 bridgehead atoms. The standard InChI is InChI=1S/C16H20N4/c1-3-20-12-14(10-18-20)11-19-7-6-15-8-13(9-17-2)4-5-16(15)19/h4-8,10,12,17H,3,9,11H2,1-2H3. The molecule has 0 aliphatic heterocycles. The van der Waals surface area contributed by atoms with Crippen molar-refractivity contribution >= 4 is 10.9 Å². The molecule has 0 atom stereocenters. The smallest absolute Gasteiger partial charge is 0.0539 e. The lowest BCUT2D eigenvalue weighted by molar-refractivity contribution is 0.658. The van der Waals surface area contributed by atoms with Gasteiger partial charge in [0.2, 0.25) is 0 Å². The second-order valence-corrected chi connectivity index (χ2v) is 5.07. The Morgan fingerprint density at radius 2 is 2.10 bits per heavy atom. The van der Waals surface area contributed by atoms with Gasteiger partial charge in [-0.2, -0.15) is 5.10 Å². The molecule has 0 aliphatic rings. The molecule has 0 spiro atoms. The molecule has 104 valence electrons. The summed E-state index contributed by atoms with van der Waals surface area (Å²) in [5.74, 6) is 0. The second-order valence-electron chi connectivity index (χ2n) is 5.07. The van der Waals surface area contributed by atoms with E-state index in [1.807, 2.05) is 17.9 Å². The number of hydrogen-bond acceptors (Lipinski definition) is 2. The molecule has 0 saturated carbocycles. The van der Waals surface area contributed by atoms with Crippen molar-refractivity contribution in [1.82, 2.24) is 19.7 Å². The van der Waals surface area contributed by atoms with E-state index in [1.54, 1.807) is 0 Å². The fourth-order valence-corrected chi connectivity index (χ4v) is 2.56. The lowest BCUT2D eigenvalue weighted by atomic mass is 10.1. The molecule has 0 radical (unpaired) electrons. The van der Waals surface area contributed by atoms with E-state index >= 15 is 0 Å². The van der Waals surface area contributed by atoms with Gasteiger partial charge in [-0.1, -0.05) is 6.07 Å². The van der Waals surface area contributed by atoms with Crippen molar-refractivity contribution < 1.29 is 0 Å². The molecule has 0 saturated heterocycles. The first-order chi connectivity index (χ1) is 9.80. The maximum absolute atomic E-state index is 4.33. The molecule has 0 fully saturated rings. The second kappa shape index (κ2) is 5.51. The van der Waals surface area contributed by atoms with Gasteiger partial charge in [-0.15, -0.1) is 0 Å². The van der Waals surface area contributed by atoms with Crippen molar-refractivity contribution in [2.24, 2.45) is 0 Å². The number of hydrogen-bond donors (Lipinski definition) is 1. The van der Waals surface area contributed by atoms with Crippen molar-refractivity contribution in [2.45, 2.75) is 26.6 Å². The number of nitrogens with one attached hydrogen (secondary N) is 1. The Morgan fingerprint density at radius 3 is 2.85 bits per heavy atom. The molecule has 3 aromatic rings. The Hall–Kier alpha value is -2.07. The average Bonchev–Trinajstić information content (AvgIpc) is 3.07. The largest absolute Gasteiger partial charge is 0.343 e. The third-order valence-corrected chi connectivity index (χ3v) is 3.58. The summed E-state index contributed by atoms with van der Waals surface area (Å²) in [4.78, 5) is 0. The topological polar surface area (TPSA) is 34.8 Å². The highest BCUT2D eigenvalue weighted by Gasteiger charge is 2.04. The van der Waals surface area contributed by atoms with Crippen LogP contribution in [0.1, 0.15) is 18.1 Å². The van der Waals surface area contributed by atoms with Crippen molar-refractivity contribution in [3.8, 4) is 0 Å². The summed E-state index contributed by atoms with van der Waals surface area (Å²) in [6.45, 7) is 4.80. The number of rotatable bonds is 5. The van der Waals surface area contributed by atoms with Gasteiger partial charge in [0.05, 0.1) is 12.7 Å². The lowest BCUT2D eigenvalue weighted by Crippen LogP contribution is -2.04. The average molecular weight is 268 g/mol. The predicted octanol–water partition coefficient (Wildman–Crippen LogP) is 2.63. The fourth-order valence-electron chi connectivity index (χ4n) is 2.56. The molecule has 1 aromatic carbocycles. The molecule has 0 unspecified atom stereocenters. The Balaban J connectivity index is 1.88. The van der Waals surface area contributed by atoms with E-state index in [0.29, 0.717) is 0 Å². The van der Waals surface area contributed by atoms with Crippen LogP contribution in [0.5, 0.6) is 0 Å². The van der Waals surface area contributed by atoms with Crippen molar-refractivity contribution in [3.63, 3.8) is 0 Å². The third kappa shape index (κ3) is 2.47. The van der Waals surface area contributed by atoms with Gasteiger partial charge in [-0.05, 0) is 43.1 Å². The van der Waals surface area contributed by atoms with Gasteiger partial charge >= 0.3 is 0 Å². The predicted molar refractivity (Wildman–Crippen MR) is 81.7 cm³/mol. The normalized spacial score (nSPS) is 11.3. The van der Waals surface area contributed by atoms with Gasteiger partial charge in [0.25, 0.3) is 0 Å². The van der Waals surface area contributed by atoms with Crippen LogP contribution in [-0.2, 0) is 19.6 Å². The molecule has 4 heteroatoms. The summed E-state index contributed by atoms with van der Waals surface area (Å²) >= 11 is 0. The fraction of sp³-hybridized carbons (Fsp3) is 0.312. The minimum absolute atomic E-state index is 0.870. The van der Waals surface area contributed by atoms with Crippen LogP contribution in [0, 0.1) is 0 Å². The van der Waals surface area contributed by atoms with E-state index in [1.165, 1.54) is 22.0 Å². The first kappa shape index (κ1) is 12.9. The van der Waals surface area contributed by atoms with E-state index in [-0.39, 0.29) is 0 Å². The van der Waals surface area contributed by atoms with E-state index in [9.17, 15) is 0 Å². The van der Waals surface area contributed by atoms with Crippen LogP contribution >= 0.6 is 0 Å². The quantitative estimate of drug-likeness (QED) is 0.772. The van der Waals surface area contributed by atoms with Gasteiger partial charge in [-0.25, -0.2) is 0 Å². The zero-order valence-corrected chi connectivity index (χ0v) is 12.0. The van der Waals surface area contributed by atoms with Crippen LogP contribution in [0.4, 0.5) is 0 Å². The van der Waals surface area contributed by atoms with Gasteiger partial charge in [0.1, 0.15) is 0 Å². The van der Waals surface area contributed by atoms with E-state index < -0.39 is 0 Å². The minimum Gasteiger partial charge on any atom is -0.343 e. The maximum atomic E-state index is 4.33. The van der Waals surface area contributed by atoms with Gasteiger partial charge in [0, 0.05) is 36.6 Å². The highest BCUT2D eigenvalue weighted by molar-refractivity contribution is 5.81. The summed E-state index contributed by atoms with van der Waals surface area (Å²) < 4.78 is 4.24. The Bertz CT molecular complexity index is 708. The van der Waals surface area contributed by atoms with Crippen LogP contribution in [0.2, 0.25) is 0 Å². The molecule has 4 nitrogen and oxygen atoms in total. The van der Waals surface area contributed by atoms with Gasteiger partial charge in [0.15, 0.2) is 0 Å². The first-order valence-corrected chi connectivity index (χ1v) is 7.04. The molecule has 2 aromatic heterocycles. The molecular weight excluding hydrogens is 248 g/mol. The minimum atomic E-state index is 0.870. The number of nitrogens with zero attached hydrogens (tertiary/aromatic N) is 3. The van der Waals surface area contributed by atoms with Gasteiger partial charge < -0.3 is 9.88 Å². The van der Waals surface area contributed by atoms with Crippen LogP contribution in [0.25, 0.3) is 10.9 Å². The molecule has 2 heterocycles. The summed E-state index contributed by atoms with van der Waals surface area (Å²) in [5.41, 5.74) is 3.83. The first-order valence-electron chi connectivity index (χ1n) is 7.04. The lowest BCUT2D eigenvalue weighted by Gasteiger charge is -2.05. The van der Waals surface area contributed by atoms with Crippen molar-refractivity contribution in [1.29, 1.82) is 0 Å². The van der Waals surface area contributed by atoms with E-state index in [0.717, 1.165) is 19.6 Å². The monoisotopic (exact) mass is 268 g/mol. The third-order valence-electron chi connectivity index (χ3n) is 3.58. The van der Waals surface area contributed by atoms with E-state index in [2.05, 4.69) is 58.6 Å². The maximum Gasteiger partial charge on any atom is 0.0539 e. The highest BCUT2D eigenvalue weighted by atomic mass is 15.3. The molecular formula is C16H20N4. The summed E-state index contributed by atoms with van der Waals surface area (Å²) in [7, 11) is 1.97. The number of fused-ring (bicyclic) bond motifs is 1. The molecule has 1 N–H and O–H groups in total. The summed E-state index contributed by atoms with van der Waals surface area (Å²) in [5, 5.41) is 8.81. The van der Waals surface area contributed by atoms with Crippen LogP contribution in [0.15, 0.2) is 42.9 Å². The van der Waals surface area contributed by atoms with Crippen molar-refractivity contribution in [2.75, 3.05) is 7.05 Å².